The second kappa shape index (κ2) is 5.27. The number of rotatable bonds is 3. The number of fused-ring (bicyclic) bond motifs is 1. The Balaban J connectivity index is 2.20. The molecule has 0 spiro atoms. The van der Waals surface area contributed by atoms with Gasteiger partial charge in [0, 0.05) is 6.54 Å². The number of methoxy groups -OCH3 is 1. The van der Waals surface area contributed by atoms with Gasteiger partial charge < -0.3 is 19.9 Å². The summed E-state index contributed by atoms with van der Waals surface area (Å²) in [6.07, 6.45) is 0.546. The zero-order chi connectivity index (χ0) is 13.1. The number of carbonyl (C=O) groups excluding carboxylic acids is 1. The van der Waals surface area contributed by atoms with Crippen molar-refractivity contribution in [1.82, 2.24) is 5.32 Å². The van der Waals surface area contributed by atoms with Crippen LogP contribution in [-0.2, 0) is 22.5 Å². The van der Waals surface area contributed by atoms with Crippen LogP contribution in [0, 0.1) is 0 Å². The van der Waals surface area contributed by atoms with Crippen LogP contribution in [0.15, 0.2) is 12.1 Å². The van der Waals surface area contributed by atoms with Gasteiger partial charge in [-0.1, -0.05) is 0 Å². The first-order valence-electron chi connectivity index (χ1n) is 5.94. The molecule has 1 heterocycles. The second-order valence-electron chi connectivity index (χ2n) is 4.18. The summed E-state index contributed by atoms with van der Waals surface area (Å²) in [5.41, 5.74) is 1.98. The molecule has 0 aliphatic carbocycles. The molecule has 2 rings (SSSR count). The van der Waals surface area contributed by atoms with Crippen molar-refractivity contribution in [3.8, 4) is 11.5 Å². The maximum absolute atomic E-state index is 11.7. The van der Waals surface area contributed by atoms with Gasteiger partial charge in [-0.15, -0.1) is 0 Å². The van der Waals surface area contributed by atoms with Crippen LogP contribution in [0.25, 0.3) is 0 Å². The summed E-state index contributed by atoms with van der Waals surface area (Å²) < 4.78 is 10.1. The van der Waals surface area contributed by atoms with Crippen LogP contribution >= 0.6 is 0 Å². The Morgan fingerprint density at radius 3 is 2.94 bits per heavy atom. The standard InChI is InChI=1S/C13H17NO4/c1-3-18-13(16)10-4-8-6-12(17-2)11(15)5-9(8)7-14-10/h5-6,10,14-15H,3-4,7H2,1-2H3/t10-/m0/s1. The Hall–Kier alpha value is -1.75. The molecule has 2 N–H and O–H groups in total. The maximum Gasteiger partial charge on any atom is 0.323 e. The smallest absolute Gasteiger partial charge is 0.323 e. The van der Waals surface area contributed by atoms with Gasteiger partial charge in [0.15, 0.2) is 11.5 Å². The van der Waals surface area contributed by atoms with E-state index in [1.807, 2.05) is 0 Å². The molecule has 0 bridgehead atoms. The molecule has 1 aliphatic rings. The van der Waals surface area contributed by atoms with E-state index in [-0.39, 0.29) is 17.8 Å². The lowest BCUT2D eigenvalue weighted by Crippen LogP contribution is -2.42. The molecule has 0 radical (unpaired) electrons. The minimum Gasteiger partial charge on any atom is -0.504 e. The van der Waals surface area contributed by atoms with E-state index in [2.05, 4.69) is 5.32 Å². The van der Waals surface area contributed by atoms with Gasteiger partial charge in [-0.2, -0.15) is 0 Å². The monoisotopic (exact) mass is 251 g/mol. The minimum atomic E-state index is -0.327. The molecule has 5 heteroatoms. The third-order valence-corrected chi connectivity index (χ3v) is 3.04. The average molecular weight is 251 g/mol. The summed E-state index contributed by atoms with van der Waals surface area (Å²) in [5.74, 6) is 0.307. The molecule has 98 valence electrons. The molecule has 1 atom stereocenters. The molecule has 5 nitrogen and oxygen atoms in total. The Morgan fingerprint density at radius 2 is 2.28 bits per heavy atom. The molecular weight excluding hydrogens is 234 g/mol. The summed E-state index contributed by atoms with van der Waals surface area (Å²) in [4.78, 5) is 11.7. The molecule has 1 aromatic carbocycles. The van der Waals surface area contributed by atoms with Gasteiger partial charge in [-0.05, 0) is 36.6 Å². The van der Waals surface area contributed by atoms with Gasteiger partial charge in [0.05, 0.1) is 13.7 Å². The Bertz CT molecular complexity index is 459. The van der Waals surface area contributed by atoms with Crippen molar-refractivity contribution in [2.45, 2.75) is 25.9 Å². The predicted octanol–water partition coefficient (Wildman–Crippen LogP) is 0.978. The zero-order valence-electron chi connectivity index (χ0n) is 10.5. The number of aromatic hydroxyl groups is 1. The van der Waals surface area contributed by atoms with Crippen molar-refractivity contribution >= 4 is 5.97 Å². The van der Waals surface area contributed by atoms with Crippen LogP contribution in [0.2, 0.25) is 0 Å². The highest BCUT2D eigenvalue weighted by molar-refractivity contribution is 5.76. The molecule has 1 aromatic rings. The number of carbonyl (C=O) groups is 1. The quantitative estimate of drug-likeness (QED) is 0.784. The predicted molar refractivity (Wildman–Crippen MR) is 65.6 cm³/mol. The fourth-order valence-corrected chi connectivity index (χ4v) is 2.11. The number of phenolic OH excluding ortho intramolecular Hbond substituents is 1. The number of hydrogen-bond acceptors (Lipinski definition) is 5. The van der Waals surface area contributed by atoms with Gasteiger partial charge >= 0.3 is 5.97 Å². The molecule has 0 unspecified atom stereocenters. The number of nitrogens with one attached hydrogen (secondary N) is 1. The van der Waals surface area contributed by atoms with Gasteiger partial charge in [0.25, 0.3) is 0 Å². The summed E-state index contributed by atoms with van der Waals surface area (Å²) >= 11 is 0. The fraction of sp³-hybridized carbons (Fsp3) is 0.462. The van der Waals surface area contributed by atoms with E-state index in [9.17, 15) is 9.90 Å². The fourth-order valence-electron chi connectivity index (χ4n) is 2.11. The third-order valence-electron chi connectivity index (χ3n) is 3.04. The van der Waals surface area contributed by atoms with Crippen molar-refractivity contribution in [3.05, 3.63) is 23.3 Å². The van der Waals surface area contributed by atoms with E-state index in [1.165, 1.54) is 7.11 Å². The average Bonchev–Trinajstić information content (AvgIpc) is 2.37. The van der Waals surface area contributed by atoms with E-state index in [0.717, 1.165) is 11.1 Å². The van der Waals surface area contributed by atoms with E-state index < -0.39 is 0 Å². The topological polar surface area (TPSA) is 67.8 Å². The first kappa shape index (κ1) is 12.7. The van der Waals surface area contributed by atoms with Gasteiger partial charge in [-0.3, -0.25) is 4.79 Å². The van der Waals surface area contributed by atoms with E-state index in [0.29, 0.717) is 25.3 Å². The van der Waals surface area contributed by atoms with Crippen LogP contribution in [0.3, 0.4) is 0 Å². The van der Waals surface area contributed by atoms with Crippen molar-refractivity contribution in [3.63, 3.8) is 0 Å². The first-order chi connectivity index (χ1) is 8.65. The zero-order valence-corrected chi connectivity index (χ0v) is 10.5. The molecular formula is C13H17NO4. The Kier molecular flexibility index (Phi) is 3.72. The van der Waals surface area contributed by atoms with E-state index in [1.54, 1.807) is 19.1 Å². The molecule has 0 saturated heterocycles. The molecule has 0 fully saturated rings. The summed E-state index contributed by atoms with van der Waals surface area (Å²) in [6.45, 7) is 2.70. The highest BCUT2D eigenvalue weighted by atomic mass is 16.5. The van der Waals surface area contributed by atoms with Gasteiger partial charge in [-0.25, -0.2) is 0 Å². The van der Waals surface area contributed by atoms with Crippen molar-refractivity contribution in [2.24, 2.45) is 0 Å². The Labute approximate surface area is 106 Å². The Morgan fingerprint density at radius 1 is 1.50 bits per heavy atom. The minimum absolute atomic E-state index is 0.118. The second-order valence-corrected chi connectivity index (χ2v) is 4.18. The maximum atomic E-state index is 11.7. The van der Waals surface area contributed by atoms with Gasteiger partial charge in [0.2, 0.25) is 0 Å². The van der Waals surface area contributed by atoms with Crippen LogP contribution in [-0.4, -0.2) is 30.8 Å². The highest BCUT2D eigenvalue weighted by Gasteiger charge is 2.26. The summed E-state index contributed by atoms with van der Waals surface area (Å²) in [5, 5.41) is 12.8. The normalized spacial score (nSPS) is 18.0. The molecule has 1 aliphatic heterocycles. The van der Waals surface area contributed by atoms with Crippen molar-refractivity contribution in [1.29, 1.82) is 0 Å². The number of hydrogen-bond donors (Lipinski definition) is 2. The van der Waals surface area contributed by atoms with Crippen LogP contribution in [0.5, 0.6) is 11.5 Å². The largest absolute Gasteiger partial charge is 0.504 e. The van der Waals surface area contributed by atoms with Crippen LogP contribution in [0.4, 0.5) is 0 Å². The number of esters is 1. The lowest BCUT2D eigenvalue weighted by molar-refractivity contribution is -0.145. The van der Waals surface area contributed by atoms with Crippen LogP contribution < -0.4 is 10.1 Å². The van der Waals surface area contributed by atoms with Crippen LogP contribution in [0.1, 0.15) is 18.1 Å². The first-order valence-corrected chi connectivity index (χ1v) is 5.94. The number of phenols is 1. The lowest BCUT2D eigenvalue weighted by atomic mass is 9.95. The van der Waals surface area contributed by atoms with E-state index in [4.69, 9.17) is 9.47 Å². The number of ether oxygens (including phenoxy) is 2. The molecule has 0 saturated carbocycles. The molecule has 0 aromatic heterocycles. The molecule has 0 amide bonds. The number of benzene rings is 1. The van der Waals surface area contributed by atoms with Gasteiger partial charge in [0.1, 0.15) is 6.04 Å². The SMILES string of the molecule is CCOC(=O)[C@@H]1Cc2cc(OC)c(O)cc2CN1. The summed E-state index contributed by atoms with van der Waals surface area (Å²) in [7, 11) is 1.51. The molecule has 18 heavy (non-hydrogen) atoms. The van der Waals surface area contributed by atoms with Crippen molar-refractivity contribution in [2.75, 3.05) is 13.7 Å². The summed E-state index contributed by atoms with van der Waals surface area (Å²) in [6, 6.07) is 3.12. The third kappa shape index (κ3) is 2.41. The van der Waals surface area contributed by atoms with Crippen molar-refractivity contribution < 1.29 is 19.4 Å². The lowest BCUT2D eigenvalue weighted by Gasteiger charge is -2.25. The highest BCUT2D eigenvalue weighted by Crippen LogP contribution is 2.31. The van der Waals surface area contributed by atoms with E-state index >= 15 is 0 Å².